The van der Waals surface area contributed by atoms with Crippen molar-refractivity contribution in [3.05, 3.63) is 46.2 Å². The summed E-state index contributed by atoms with van der Waals surface area (Å²) in [5, 5.41) is 12.6. The number of carbonyl (C=O) groups is 1. The Kier molecular flexibility index (Phi) is 6.44. The molecule has 1 amide bonds. The molecule has 0 radical (unpaired) electrons. The molecule has 1 aromatic heterocycles. The van der Waals surface area contributed by atoms with Crippen LogP contribution in [0.15, 0.2) is 29.2 Å². The summed E-state index contributed by atoms with van der Waals surface area (Å²) in [4.78, 5) is 12.5. The number of carbonyl (C=O) groups excluding carboxylic acids is 1. The van der Waals surface area contributed by atoms with Crippen LogP contribution in [0.4, 0.5) is 0 Å². The third-order valence-electron chi connectivity index (χ3n) is 3.78. The zero-order chi connectivity index (χ0) is 19.5. The molecule has 0 spiro atoms. The molecule has 26 heavy (non-hydrogen) atoms. The fraction of sp³-hybridized carbons (Fsp3) is 0.412. The average Bonchev–Trinajstić information content (AvgIpc) is 2.80. The van der Waals surface area contributed by atoms with E-state index in [4.69, 9.17) is 16.7 Å². The molecule has 0 bridgehead atoms. The Morgan fingerprint density at radius 2 is 1.92 bits per heavy atom. The first-order chi connectivity index (χ1) is 12.1. The van der Waals surface area contributed by atoms with Gasteiger partial charge in [0.25, 0.3) is 5.91 Å². The van der Waals surface area contributed by atoms with Crippen LogP contribution in [0.25, 0.3) is 0 Å². The van der Waals surface area contributed by atoms with Gasteiger partial charge in [-0.25, -0.2) is 13.6 Å². The predicted molar refractivity (Wildman–Crippen MR) is 101 cm³/mol. The van der Waals surface area contributed by atoms with E-state index >= 15 is 0 Å². The Bertz CT molecular complexity index is 889. The van der Waals surface area contributed by atoms with E-state index in [0.29, 0.717) is 41.8 Å². The van der Waals surface area contributed by atoms with Gasteiger partial charge in [-0.3, -0.25) is 9.48 Å². The normalized spacial score (nSPS) is 11.8. The van der Waals surface area contributed by atoms with Crippen LogP contribution >= 0.6 is 11.6 Å². The van der Waals surface area contributed by atoms with Crippen molar-refractivity contribution in [1.82, 2.24) is 15.1 Å². The molecule has 9 heteroatoms. The second-order valence-electron chi connectivity index (χ2n) is 6.52. The van der Waals surface area contributed by atoms with Gasteiger partial charge in [0.05, 0.1) is 16.2 Å². The smallest absolute Gasteiger partial charge is 0.256 e. The fourth-order valence-corrected chi connectivity index (χ4v) is 3.38. The number of aromatic nitrogens is 2. The SMILES string of the molecule is Cc1nn(CC(C)C)c(Cl)c1C(=O)NCCc1ccc(S(N)(=O)=O)cc1. The number of rotatable bonds is 7. The minimum absolute atomic E-state index is 0.0604. The van der Waals surface area contributed by atoms with Gasteiger partial charge in [0, 0.05) is 13.1 Å². The van der Waals surface area contributed by atoms with E-state index < -0.39 is 10.0 Å². The first-order valence-corrected chi connectivity index (χ1v) is 10.1. The predicted octanol–water partition coefficient (Wildman–Crippen LogP) is 2.12. The first-order valence-electron chi connectivity index (χ1n) is 8.22. The van der Waals surface area contributed by atoms with Crippen LogP contribution in [0.2, 0.25) is 5.15 Å². The van der Waals surface area contributed by atoms with Crippen LogP contribution in [0.5, 0.6) is 0 Å². The maximum atomic E-state index is 12.4. The number of sulfonamides is 1. The van der Waals surface area contributed by atoms with Gasteiger partial charge < -0.3 is 5.32 Å². The highest BCUT2D eigenvalue weighted by Gasteiger charge is 2.20. The average molecular weight is 399 g/mol. The maximum absolute atomic E-state index is 12.4. The second-order valence-corrected chi connectivity index (χ2v) is 8.44. The molecule has 0 saturated heterocycles. The molecule has 2 rings (SSSR count). The van der Waals surface area contributed by atoms with Crippen LogP contribution in [0.1, 0.15) is 35.5 Å². The van der Waals surface area contributed by atoms with Crippen molar-refractivity contribution in [3.63, 3.8) is 0 Å². The summed E-state index contributed by atoms with van der Waals surface area (Å²) in [6, 6.07) is 6.24. The lowest BCUT2D eigenvalue weighted by Gasteiger charge is -2.07. The van der Waals surface area contributed by atoms with E-state index in [0.717, 1.165) is 5.56 Å². The number of nitrogens with two attached hydrogens (primary N) is 1. The molecule has 3 N–H and O–H groups in total. The highest BCUT2D eigenvalue weighted by Crippen LogP contribution is 2.20. The van der Waals surface area contributed by atoms with E-state index in [2.05, 4.69) is 10.4 Å². The standard InChI is InChI=1S/C17H23ClN4O3S/c1-11(2)10-22-16(18)15(12(3)21-22)17(23)20-9-8-13-4-6-14(7-5-13)26(19,24)25/h4-7,11H,8-10H2,1-3H3,(H,20,23)(H2,19,24,25). The zero-order valence-electron chi connectivity index (χ0n) is 15.0. The second kappa shape index (κ2) is 8.20. The van der Waals surface area contributed by atoms with E-state index in [1.807, 2.05) is 13.8 Å². The molecule has 0 atom stereocenters. The molecule has 1 heterocycles. The maximum Gasteiger partial charge on any atom is 0.256 e. The Hall–Kier alpha value is -1.90. The van der Waals surface area contributed by atoms with Crippen molar-refractivity contribution in [2.24, 2.45) is 11.1 Å². The van der Waals surface area contributed by atoms with Crippen molar-refractivity contribution in [2.45, 2.75) is 38.6 Å². The largest absolute Gasteiger partial charge is 0.352 e. The molecule has 0 fully saturated rings. The molecular weight excluding hydrogens is 376 g/mol. The van der Waals surface area contributed by atoms with Crippen molar-refractivity contribution < 1.29 is 13.2 Å². The van der Waals surface area contributed by atoms with Crippen LogP contribution in [-0.2, 0) is 23.0 Å². The van der Waals surface area contributed by atoms with E-state index in [-0.39, 0.29) is 10.8 Å². The molecule has 2 aromatic rings. The zero-order valence-corrected chi connectivity index (χ0v) is 16.6. The number of aryl methyl sites for hydroxylation is 1. The topological polar surface area (TPSA) is 107 Å². The number of hydrogen-bond donors (Lipinski definition) is 2. The van der Waals surface area contributed by atoms with Gasteiger partial charge in [0.15, 0.2) is 0 Å². The van der Waals surface area contributed by atoms with Crippen molar-refractivity contribution in [3.8, 4) is 0 Å². The van der Waals surface area contributed by atoms with E-state index in [1.165, 1.54) is 12.1 Å². The quantitative estimate of drug-likeness (QED) is 0.744. The molecule has 1 aromatic carbocycles. The van der Waals surface area contributed by atoms with Crippen molar-refractivity contribution in [2.75, 3.05) is 6.54 Å². The molecule has 0 unspecified atom stereocenters. The van der Waals surface area contributed by atoms with Gasteiger partial charge in [-0.15, -0.1) is 0 Å². The number of nitrogens with zero attached hydrogens (tertiary/aromatic N) is 2. The molecule has 142 valence electrons. The molecule has 0 aliphatic carbocycles. The van der Waals surface area contributed by atoms with Crippen LogP contribution in [0, 0.1) is 12.8 Å². The summed E-state index contributed by atoms with van der Waals surface area (Å²) in [6.45, 7) is 6.88. The highest BCUT2D eigenvalue weighted by molar-refractivity contribution is 7.89. The first kappa shape index (κ1) is 20.4. The third kappa shape index (κ3) is 5.06. The van der Waals surface area contributed by atoms with Gasteiger partial charge in [-0.2, -0.15) is 5.10 Å². The number of benzene rings is 1. The van der Waals surface area contributed by atoms with Crippen molar-refractivity contribution in [1.29, 1.82) is 0 Å². The fourth-order valence-electron chi connectivity index (χ4n) is 2.53. The summed E-state index contributed by atoms with van der Waals surface area (Å²) in [5.74, 6) is 0.0895. The Morgan fingerprint density at radius 1 is 1.31 bits per heavy atom. The number of primary sulfonamides is 1. The summed E-state index contributed by atoms with van der Waals surface area (Å²) < 4.78 is 24.1. The lowest BCUT2D eigenvalue weighted by molar-refractivity contribution is 0.0953. The number of amides is 1. The van der Waals surface area contributed by atoms with Gasteiger partial charge in [0.1, 0.15) is 5.15 Å². The van der Waals surface area contributed by atoms with Gasteiger partial charge in [-0.05, 0) is 37.0 Å². The number of nitrogens with one attached hydrogen (secondary N) is 1. The molecular formula is C17H23ClN4O3S. The van der Waals surface area contributed by atoms with E-state index in [1.54, 1.807) is 23.7 Å². The number of hydrogen-bond acceptors (Lipinski definition) is 4. The summed E-state index contributed by atoms with van der Waals surface area (Å²) in [7, 11) is -3.70. The summed E-state index contributed by atoms with van der Waals surface area (Å²) in [6.07, 6.45) is 0.549. The molecule has 0 saturated carbocycles. The van der Waals surface area contributed by atoms with Crippen LogP contribution in [0.3, 0.4) is 0 Å². The van der Waals surface area contributed by atoms with Crippen molar-refractivity contribution >= 4 is 27.5 Å². The lowest BCUT2D eigenvalue weighted by atomic mass is 10.1. The number of halogens is 1. The van der Waals surface area contributed by atoms with Gasteiger partial charge in [0.2, 0.25) is 10.0 Å². The third-order valence-corrected chi connectivity index (χ3v) is 5.10. The summed E-state index contributed by atoms with van der Waals surface area (Å²) >= 11 is 6.30. The molecule has 7 nitrogen and oxygen atoms in total. The Labute approximate surface area is 158 Å². The minimum Gasteiger partial charge on any atom is -0.352 e. The molecule has 0 aliphatic rings. The lowest BCUT2D eigenvalue weighted by Crippen LogP contribution is -2.26. The highest BCUT2D eigenvalue weighted by atomic mass is 35.5. The van der Waals surface area contributed by atoms with Gasteiger partial charge >= 0.3 is 0 Å². The van der Waals surface area contributed by atoms with E-state index in [9.17, 15) is 13.2 Å². The van der Waals surface area contributed by atoms with Gasteiger partial charge in [-0.1, -0.05) is 37.6 Å². The van der Waals surface area contributed by atoms with Crippen LogP contribution < -0.4 is 10.5 Å². The Balaban J connectivity index is 1.98. The molecule has 0 aliphatic heterocycles. The minimum atomic E-state index is -3.70. The Morgan fingerprint density at radius 3 is 2.46 bits per heavy atom. The summed E-state index contributed by atoms with van der Waals surface area (Å²) in [5.41, 5.74) is 1.86. The monoisotopic (exact) mass is 398 g/mol. The van der Waals surface area contributed by atoms with Crippen LogP contribution in [-0.4, -0.2) is 30.7 Å².